The van der Waals surface area contributed by atoms with E-state index in [0.717, 1.165) is 28.4 Å². The minimum absolute atomic E-state index is 0.126. The Hall–Kier alpha value is -3.42. The number of carboxylic acid groups (broad SMARTS) is 1. The van der Waals surface area contributed by atoms with Gasteiger partial charge in [0.25, 0.3) is 0 Å². The van der Waals surface area contributed by atoms with E-state index in [4.69, 9.17) is 21.1 Å². The quantitative estimate of drug-likeness (QED) is 0.212. The zero-order valence-electron chi connectivity index (χ0n) is 17.7. The Kier molecular flexibility index (Phi) is 7.22. The number of benzene rings is 3. The summed E-state index contributed by atoms with van der Waals surface area (Å²) in [4.78, 5) is 19.6. The van der Waals surface area contributed by atoms with Crippen LogP contribution < -0.4 is 9.47 Å². The predicted octanol–water partition coefficient (Wildman–Crippen LogP) is 6.41. The number of imidazole rings is 1. The van der Waals surface area contributed by atoms with Gasteiger partial charge in [0.05, 0.1) is 17.6 Å². The zero-order valence-corrected chi connectivity index (χ0v) is 19.3. The van der Waals surface area contributed by atoms with Crippen molar-refractivity contribution in [3.05, 3.63) is 87.8 Å². The fourth-order valence-electron chi connectivity index (χ4n) is 3.14. The molecule has 2 N–H and O–H groups in total. The van der Waals surface area contributed by atoms with E-state index in [9.17, 15) is 9.90 Å². The van der Waals surface area contributed by atoms with E-state index in [1.807, 2.05) is 55.5 Å². The molecule has 8 heteroatoms. The molecule has 3 aromatic carbocycles. The third kappa shape index (κ3) is 5.69. The van der Waals surface area contributed by atoms with Gasteiger partial charge in [-0.2, -0.15) is 0 Å². The molecule has 1 heterocycles. The summed E-state index contributed by atoms with van der Waals surface area (Å²) in [6, 6.07) is 20.3. The van der Waals surface area contributed by atoms with Crippen molar-refractivity contribution < 1.29 is 19.4 Å². The van der Waals surface area contributed by atoms with Gasteiger partial charge in [0.15, 0.2) is 16.7 Å². The summed E-state index contributed by atoms with van der Waals surface area (Å²) >= 11 is 7.27. The second kappa shape index (κ2) is 10.5. The van der Waals surface area contributed by atoms with Crippen LogP contribution in [0.1, 0.15) is 18.1 Å². The Morgan fingerprint density at radius 1 is 1.09 bits per heavy atom. The van der Waals surface area contributed by atoms with Crippen LogP contribution >= 0.6 is 23.4 Å². The molecule has 0 aliphatic heterocycles. The lowest BCUT2D eigenvalue weighted by Gasteiger charge is -2.13. The molecule has 0 aliphatic carbocycles. The number of aliphatic carboxylic acids is 1. The van der Waals surface area contributed by atoms with Crippen molar-refractivity contribution in [1.29, 1.82) is 0 Å². The highest BCUT2D eigenvalue weighted by Gasteiger charge is 2.14. The molecule has 4 rings (SSSR count). The lowest BCUT2D eigenvalue weighted by atomic mass is 10.2. The Morgan fingerprint density at radius 3 is 2.64 bits per heavy atom. The Labute approximate surface area is 200 Å². The first-order valence-electron chi connectivity index (χ1n) is 10.2. The largest absolute Gasteiger partial charge is 0.490 e. The van der Waals surface area contributed by atoms with Crippen molar-refractivity contribution >= 4 is 46.4 Å². The maximum atomic E-state index is 11.9. The Bertz CT molecular complexity index is 1290. The highest BCUT2D eigenvalue weighted by atomic mass is 35.5. The summed E-state index contributed by atoms with van der Waals surface area (Å²) in [5.41, 5.74) is 3.16. The van der Waals surface area contributed by atoms with Crippen LogP contribution in [-0.2, 0) is 11.4 Å². The minimum atomic E-state index is -1.04. The van der Waals surface area contributed by atoms with E-state index in [1.165, 1.54) is 0 Å². The molecule has 0 amide bonds. The first kappa shape index (κ1) is 22.8. The van der Waals surface area contributed by atoms with Crippen molar-refractivity contribution in [3.63, 3.8) is 0 Å². The first-order chi connectivity index (χ1) is 16.0. The average molecular weight is 481 g/mol. The number of fused-ring (bicyclic) bond motifs is 1. The standard InChI is InChI=1S/C25H21ClN2O4S/c1-2-31-22-13-16(11-12-21(22)32-15-17-7-3-4-8-18(17)26)14-23(24(29)30)33-25-27-19-9-5-6-10-20(19)28-25/h3-14H,2,15H2,1H3,(H,27,28)(H,29,30)/b23-14-. The number of aromatic amines is 1. The summed E-state index contributed by atoms with van der Waals surface area (Å²) in [5.74, 6) is 0.0324. The second-order valence-corrected chi connectivity index (χ2v) is 8.43. The normalized spacial score (nSPS) is 11.5. The van der Waals surface area contributed by atoms with Crippen LogP contribution in [0.25, 0.3) is 17.1 Å². The highest BCUT2D eigenvalue weighted by Crippen LogP contribution is 2.33. The molecule has 0 saturated heterocycles. The van der Waals surface area contributed by atoms with Crippen LogP contribution in [-0.4, -0.2) is 27.7 Å². The summed E-state index contributed by atoms with van der Waals surface area (Å²) in [7, 11) is 0. The lowest BCUT2D eigenvalue weighted by molar-refractivity contribution is -0.131. The van der Waals surface area contributed by atoms with E-state index in [2.05, 4.69) is 9.97 Å². The molecule has 0 saturated carbocycles. The molecule has 0 bridgehead atoms. The molecule has 168 valence electrons. The number of ether oxygens (including phenoxy) is 2. The number of H-pyrrole nitrogens is 1. The maximum Gasteiger partial charge on any atom is 0.342 e. The van der Waals surface area contributed by atoms with Crippen molar-refractivity contribution in [1.82, 2.24) is 9.97 Å². The molecule has 0 atom stereocenters. The van der Waals surface area contributed by atoms with Crippen LogP contribution in [0.3, 0.4) is 0 Å². The van der Waals surface area contributed by atoms with Crippen LogP contribution in [0.4, 0.5) is 0 Å². The molecule has 0 spiro atoms. The number of aromatic nitrogens is 2. The maximum absolute atomic E-state index is 11.9. The summed E-state index contributed by atoms with van der Waals surface area (Å²) in [6.07, 6.45) is 1.58. The number of hydrogen-bond donors (Lipinski definition) is 2. The molecular weight excluding hydrogens is 460 g/mol. The number of halogens is 1. The third-order valence-corrected chi connectivity index (χ3v) is 5.96. The molecule has 0 aliphatic rings. The number of para-hydroxylation sites is 2. The molecule has 33 heavy (non-hydrogen) atoms. The van der Waals surface area contributed by atoms with Gasteiger partial charge in [-0.3, -0.25) is 0 Å². The van der Waals surface area contributed by atoms with E-state index in [-0.39, 0.29) is 11.5 Å². The van der Waals surface area contributed by atoms with Gasteiger partial charge in [-0.1, -0.05) is 48.0 Å². The monoisotopic (exact) mass is 480 g/mol. The number of rotatable bonds is 9. The minimum Gasteiger partial charge on any atom is -0.490 e. The number of nitrogens with one attached hydrogen (secondary N) is 1. The van der Waals surface area contributed by atoms with Crippen molar-refractivity contribution in [2.75, 3.05) is 6.61 Å². The molecule has 0 unspecified atom stereocenters. The van der Waals surface area contributed by atoms with Crippen LogP contribution in [0.2, 0.25) is 5.02 Å². The van der Waals surface area contributed by atoms with Gasteiger partial charge in [-0.05, 0) is 60.7 Å². The molecule has 0 radical (unpaired) electrons. The molecule has 0 fully saturated rings. The van der Waals surface area contributed by atoms with Gasteiger partial charge in [0.2, 0.25) is 0 Å². The fraction of sp³-hybridized carbons (Fsp3) is 0.120. The molecule has 1 aromatic heterocycles. The van der Waals surface area contributed by atoms with E-state index in [1.54, 1.807) is 24.3 Å². The van der Waals surface area contributed by atoms with E-state index < -0.39 is 5.97 Å². The van der Waals surface area contributed by atoms with Gasteiger partial charge < -0.3 is 19.6 Å². The lowest BCUT2D eigenvalue weighted by Crippen LogP contribution is -2.01. The molecule has 6 nitrogen and oxygen atoms in total. The van der Waals surface area contributed by atoms with Crippen LogP contribution in [0.15, 0.2) is 76.8 Å². The number of hydrogen-bond acceptors (Lipinski definition) is 5. The van der Waals surface area contributed by atoms with Crippen molar-refractivity contribution in [2.45, 2.75) is 18.7 Å². The molecule has 4 aromatic rings. The Morgan fingerprint density at radius 2 is 1.88 bits per heavy atom. The number of carboxylic acids is 1. The Balaban J connectivity index is 1.57. The summed E-state index contributed by atoms with van der Waals surface area (Å²) in [5, 5.41) is 10.9. The second-order valence-electron chi connectivity index (χ2n) is 6.99. The van der Waals surface area contributed by atoms with Gasteiger partial charge in [-0.15, -0.1) is 0 Å². The van der Waals surface area contributed by atoms with E-state index in [0.29, 0.717) is 33.8 Å². The van der Waals surface area contributed by atoms with Gasteiger partial charge in [-0.25, -0.2) is 9.78 Å². The number of thioether (sulfide) groups is 1. The van der Waals surface area contributed by atoms with Gasteiger partial charge in [0, 0.05) is 10.6 Å². The van der Waals surface area contributed by atoms with Crippen molar-refractivity contribution in [3.8, 4) is 11.5 Å². The SMILES string of the molecule is CCOc1cc(/C=C(\Sc2nc3ccccc3[nH]2)C(=O)O)ccc1OCc1ccccc1Cl. The number of carbonyl (C=O) groups is 1. The smallest absolute Gasteiger partial charge is 0.342 e. The summed E-state index contributed by atoms with van der Waals surface area (Å²) < 4.78 is 11.7. The average Bonchev–Trinajstić information content (AvgIpc) is 3.22. The fourth-order valence-corrected chi connectivity index (χ4v) is 4.13. The highest BCUT2D eigenvalue weighted by molar-refractivity contribution is 8.04. The van der Waals surface area contributed by atoms with Crippen molar-refractivity contribution in [2.24, 2.45) is 0 Å². The third-order valence-electron chi connectivity index (χ3n) is 4.69. The summed E-state index contributed by atoms with van der Waals surface area (Å²) in [6.45, 7) is 2.60. The molecular formula is C25H21ClN2O4S. The topological polar surface area (TPSA) is 84.4 Å². The van der Waals surface area contributed by atoms with Gasteiger partial charge in [0.1, 0.15) is 11.5 Å². The number of nitrogens with zero attached hydrogens (tertiary/aromatic N) is 1. The van der Waals surface area contributed by atoms with Crippen LogP contribution in [0, 0.1) is 0 Å². The predicted molar refractivity (Wildman–Crippen MR) is 131 cm³/mol. The van der Waals surface area contributed by atoms with E-state index >= 15 is 0 Å². The van der Waals surface area contributed by atoms with Gasteiger partial charge >= 0.3 is 5.97 Å². The van der Waals surface area contributed by atoms with Crippen LogP contribution in [0.5, 0.6) is 11.5 Å². The zero-order chi connectivity index (χ0) is 23.2. The first-order valence-corrected chi connectivity index (χ1v) is 11.4.